The van der Waals surface area contributed by atoms with E-state index in [1.807, 2.05) is 0 Å². The number of hydrogen-bond acceptors (Lipinski definition) is 8. The van der Waals surface area contributed by atoms with Gasteiger partial charge in [-0.2, -0.15) is 0 Å². The quantitative estimate of drug-likeness (QED) is 0.505. The molecule has 13 heteroatoms. The molecule has 0 atom stereocenters. The van der Waals surface area contributed by atoms with Crippen LogP contribution in [0.5, 0.6) is 0 Å². The zero-order valence-corrected chi connectivity index (χ0v) is 20.6. The Morgan fingerprint density at radius 3 is 2.59 bits per heavy atom. The van der Waals surface area contributed by atoms with E-state index in [9.17, 15) is 18.4 Å². The number of amides is 3. The van der Waals surface area contributed by atoms with Crippen LogP contribution in [0.3, 0.4) is 0 Å². The third-order valence-electron chi connectivity index (χ3n) is 6.07. The number of carbonyl (C=O) groups excluding carboxylic acids is 2. The number of thiazole rings is 1. The van der Waals surface area contributed by atoms with E-state index >= 15 is 0 Å². The number of rotatable bonds is 6. The molecule has 0 spiro atoms. The molecule has 4 heterocycles. The van der Waals surface area contributed by atoms with Crippen molar-refractivity contribution in [2.24, 2.45) is 0 Å². The fourth-order valence-corrected chi connectivity index (χ4v) is 4.85. The van der Waals surface area contributed by atoms with Gasteiger partial charge in [-0.3, -0.25) is 4.79 Å². The number of halogens is 2. The molecule has 2 N–H and O–H groups in total. The van der Waals surface area contributed by atoms with Crippen LogP contribution in [0.15, 0.2) is 35.8 Å². The highest BCUT2D eigenvalue weighted by atomic mass is 32.1. The van der Waals surface area contributed by atoms with E-state index in [1.54, 1.807) is 40.7 Å². The maximum absolute atomic E-state index is 13.0. The van der Waals surface area contributed by atoms with Gasteiger partial charge in [-0.25, -0.2) is 28.5 Å². The Balaban J connectivity index is 1.40. The predicted molar refractivity (Wildman–Crippen MR) is 134 cm³/mol. The summed E-state index contributed by atoms with van der Waals surface area (Å²) in [7, 11) is 0. The molecule has 0 bridgehead atoms. The number of anilines is 2. The summed E-state index contributed by atoms with van der Waals surface area (Å²) in [4.78, 5) is 42.6. The Hall–Kier alpha value is -3.71. The maximum atomic E-state index is 13.0. The Bertz CT molecular complexity index is 1250. The van der Waals surface area contributed by atoms with Crippen molar-refractivity contribution in [1.82, 2.24) is 25.2 Å². The van der Waals surface area contributed by atoms with E-state index in [0.717, 1.165) is 22.6 Å². The van der Waals surface area contributed by atoms with Crippen molar-refractivity contribution in [1.29, 1.82) is 0 Å². The lowest BCUT2D eigenvalue weighted by Crippen LogP contribution is -2.41. The number of nitrogens with one attached hydrogen (secondary N) is 2. The predicted octanol–water partition coefficient (Wildman–Crippen LogP) is 3.02. The average Bonchev–Trinajstić information content (AvgIpc) is 3.47. The highest BCUT2D eigenvalue weighted by Gasteiger charge is 2.29. The number of hydrogen-bond donors (Lipinski definition) is 2. The molecule has 1 saturated heterocycles. The number of aromatic nitrogens is 3. The molecule has 194 valence electrons. The SMILES string of the molecule is O=C(NCC(F)F)Nc1ccc(-c2nc3c(c(N4CCOCC4)n2)CN(C(=O)c2nccs2)CC3)cc1. The average molecular weight is 530 g/mol. The minimum Gasteiger partial charge on any atom is -0.378 e. The number of morpholine rings is 1. The summed E-state index contributed by atoms with van der Waals surface area (Å²) in [5.41, 5.74) is 3.02. The lowest BCUT2D eigenvalue weighted by Gasteiger charge is -2.34. The molecule has 2 aliphatic heterocycles. The summed E-state index contributed by atoms with van der Waals surface area (Å²) in [5, 5.41) is 6.88. The Morgan fingerprint density at radius 2 is 1.89 bits per heavy atom. The normalized spacial score (nSPS) is 15.4. The first-order valence-electron chi connectivity index (χ1n) is 11.8. The summed E-state index contributed by atoms with van der Waals surface area (Å²) in [6.07, 6.45) is -0.406. The van der Waals surface area contributed by atoms with E-state index in [1.165, 1.54) is 11.3 Å². The first-order chi connectivity index (χ1) is 18.0. The number of benzene rings is 1. The van der Waals surface area contributed by atoms with Crippen LogP contribution < -0.4 is 15.5 Å². The number of alkyl halides is 2. The van der Waals surface area contributed by atoms with Gasteiger partial charge in [0.1, 0.15) is 5.82 Å². The van der Waals surface area contributed by atoms with Gasteiger partial charge >= 0.3 is 6.03 Å². The molecule has 0 radical (unpaired) electrons. The third kappa shape index (κ3) is 5.83. The molecule has 0 unspecified atom stereocenters. The summed E-state index contributed by atoms with van der Waals surface area (Å²) in [5.74, 6) is 1.22. The molecule has 2 aliphatic rings. The van der Waals surface area contributed by atoms with Crippen LogP contribution in [0.1, 0.15) is 21.1 Å². The molecule has 0 saturated carbocycles. The van der Waals surface area contributed by atoms with Gasteiger partial charge in [0.05, 0.1) is 32.0 Å². The van der Waals surface area contributed by atoms with Gasteiger partial charge in [-0.1, -0.05) is 0 Å². The van der Waals surface area contributed by atoms with Gasteiger partial charge in [-0.05, 0) is 24.3 Å². The fraction of sp³-hybridized carbons (Fsp3) is 0.375. The van der Waals surface area contributed by atoms with Crippen molar-refractivity contribution in [3.05, 3.63) is 52.1 Å². The Kier molecular flexibility index (Phi) is 7.51. The van der Waals surface area contributed by atoms with Gasteiger partial charge in [-0.15, -0.1) is 11.3 Å². The number of ether oxygens (including phenoxy) is 1. The van der Waals surface area contributed by atoms with Crippen LogP contribution in [-0.2, 0) is 17.7 Å². The topological polar surface area (TPSA) is 113 Å². The minimum atomic E-state index is -2.62. The second-order valence-corrected chi connectivity index (χ2v) is 9.41. The fourth-order valence-electron chi connectivity index (χ4n) is 4.25. The van der Waals surface area contributed by atoms with Gasteiger partial charge in [0.15, 0.2) is 10.8 Å². The maximum Gasteiger partial charge on any atom is 0.319 e. The van der Waals surface area contributed by atoms with E-state index in [2.05, 4.69) is 20.5 Å². The summed E-state index contributed by atoms with van der Waals surface area (Å²) in [6, 6.07) is 6.18. The zero-order valence-electron chi connectivity index (χ0n) is 19.8. The van der Waals surface area contributed by atoms with Gasteiger partial charge in [0.25, 0.3) is 12.3 Å². The molecule has 1 aromatic carbocycles. The van der Waals surface area contributed by atoms with Crippen LogP contribution in [0.4, 0.5) is 25.1 Å². The Labute approximate surface area is 215 Å². The Morgan fingerprint density at radius 1 is 1.11 bits per heavy atom. The summed E-state index contributed by atoms with van der Waals surface area (Å²) >= 11 is 1.32. The largest absolute Gasteiger partial charge is 0.378 e. The standard InChI is InChI=1S/C24H25F2N7O3S/c25-19(26)13-28-24(35)29-16-3-1-15(2-4-16)20-30-18-5-7-33(23(34)22-27-6-12-37-22)14-17(18)21(31-20)32-8-10-36-11-9-32/h1-4,6,12,19H,5,7-11,13-14H2,(H2,28,29,35). The summed E-state index contributed by atoms with van der Waals surface area (Å²) < 4.78 is 30.1. The first kappa shape index (κ1) is 25.0. The highest BCUT2D eigenvalue weighted by Crippen LogP contribution is 2.31. The smallest absolute Gasteiger partial charge is 0.319 e. The molecule has 5 rings (SSSR count). The lowest BCUT2D eigenvalue weighted by atomic mass is 10.0. The number of fused-ring (bicyclic) bond motifs is 1. The highest BCUT2D eigenvalue weighted by molar-refractivity contribution is 7.11. The molecule has 3 aromatic rings. The van der Waals surface area contributed by atoms with Crippen molar-refractivity contribution in [3.63, 3.8) is 0 Å². The summed E-state index contributed by atoms with van der Waals surface area (Å²) in [6.45, 7) is 2.75. The molecule has 37 heavy (non-hydrogen) atoms. The van der Waals surface area contributed by atoms with Crippen LogP contribution >= 0.6 is 11.3 Å². The minimum absolute atomic E-state index is 0.0988. The van der Waals surface area contributed by atoms with Crippen LogP contribution in [0, 0.1) is 0 Å². The van der Waals surface area contributed by atoms with E-state index < -0.39 is 19.0 Å². The van der Waals surface area contributed by atoms with E-state index in [0.29, 0.717) is 62.3 Å². The second-order valence-electron chi connectivity index (χ2n) is 8.51. The van der Waals surface area contributed by atoms with E-state index in [4.69, 9.17) is 14.7 Å². The molecule has 10 nitrogen and oxygen atoms in total. The number of nitrogens with zero attached hydrogens (tertiary/aromatic N) is 5. The molecule has 0 aliphatic carbocycles. The van der Waals surface area contributed by atoms with Crippen LogP contribution in [0.2, 0.25) is 0 Å². The van der Waals surface area contributed by atoms with Crippen molar-refractivity contribution in [3.8, 4) is 11.4 Å². The first-order valence-corrected chi connectivity index (χ1v) is 12.7. The van der Waals surface area contributed by atoms with Gasteiger partial charge in [0, 0.05) is 54.4 Å². The third-order valence-corrected chi connectivity index (χ3v) is 6.83. The van der Waals surface area contributed by atoms with E-state index in [-0.39, 0.29) is 5.91 Å². The van der Waals surface area contributed by atoms with Crippen LogP contribution in [0.25, 0.3) is 11.4 Å². The molecule has 2 aromatic heterocycles. The second kappa shape index (κ2) is 11.1. The van der Waals surface area contributed by atoms with Crippen molar-refractivity contribution in [2.45, 2.75) is 19.4 Å². The zero-order chi connectivity index (χ0) is 25.8. The van der Waals surface area contributed by atoms with Crippen molar-refractivity contribution < 1.29 is 23.1 Å². The van der Waals surface area contributed by atoms with Crippen molar-refractivity contribution in [2.75, 3.05) is 49.6 Å². The van der Waals surface area contributed by atoms with Crippen LogP contribution in [-0.4, -0.2) is 77.6 Å². The monoisotopic (exact) mass is 529 g/mol. The molecule has 1 fully saturated rings. The van der Waals surface area contributed by atoms with Gasteiger partial charge < -0.3 is 25.2 Å². The molecule has 3 amide bonds. The van der Waals surface area contributed by atoms with Crippen molar-refractivity contribution >= 4 is 34.8 Å². The van der Waals surface area contributed by atoms with Gasteiger partial charge in [0.2, 0.25) is 0 Å². The lowest BCUT2D eigenvalue weighted by molar-refractivity contribution is 0.0732. The molecular weight excluding hydrogens is 504 g/mol. The number of urea groups is 1. The number of carbonyl (C=O) groups is 2. The molecular formula is C24H25F2N7O3S.